The summed E-state index contributed by atoms with van der Waals surface area (Å²) in [6, 6.07) is 3.91. The summed E-state index contributed by atoms with van der Waals surface area (Å²) >= 11 is 0. The molecule has 0 aliphatic carbocycles. The van der Waals surface area contributed by atoms with Crippen molar-refractivity contribution in [2.45, 2.75) is 25.7 Å². The van der Waals surface area contributed by atoms with Gasteiger partial charge >= 0.3 is 5.97 Å². The first-order chi connectivity index (χ1) is 9.06. The molecule has 0 radical (unpaired) electrons. The summed E-state index contributed by atoms with van der Waals surface area (Å²) in [5.41, 5.74) is 0.287. The summed E-state index contributed by atoms with van der Waals surface area (Å²) in [7, 11) is 2.74. The van der Waals surface area contributed by atoms with E-state index in [0.717, 1.165) is 0 Å². The molecule has 0 aromatic heterocycles. The summed E-state index contributed by atoms with van der Waals surface area (Å²) in [5, 5.41) is 0. The molecule has 0 fully saturated rings. The van der Waals surface area contributed by atoms with Gasteiger partial charge in [-0.15, -0.1) is 0 Å². The highest BCUT2D eigenvalue weighted by molar-refractivity contribution is 5.96. The number of ketones is 1. The van der Waals surface area contributed by atoms with Crippen LogP contribution < -0.4 is 4.74 Å². The molecule has 0 unspecified atom stereocenters. The lowest BCUT2D eigenvalue weighted by molar-refractivity contribution is -0.140. The monoisotopic (exact) mass is 268 g/mol. The van der Waals surface area contributed by atoms with Crippen LogP contribution in [0.25, 0.3) is 0 Å². The van der Waals surface area contributed by atoms with Crippen molar-refractivity contribution >= 4 is 11.8 Å². The zero-order chi connectivity index (χ0) is 14.3. The van der Waals surface area contributed by atoms with Crippen LogP contribution in [0.4, 0.5) is 4.39 Å². The van der Waals surface area contributed by atoms with Gasteiger partial charge in [-0.25, -0.2) is 4.39 Å². The maximum absolute atomic E-state index is 13.2. The maximum Gasteiger partial charge on any atom is 0.305 e. The lowest BCUT2D eigenvalue weighted by Gasteiger charge is -2.05. The van der Waals surface area contributed by atoms with Gasteiger partial charge < -0.3 is 9.47 Å². The highest BCUT2D eigenvalue weighted by Gasteiger charge is 2.10. The Morgan fingerprint density at radius 3 is 2.42 bits per heavy atom. The molecule has 0 aliphatic heterocycles. The van der Waals surface area contributed by atoms with Gasteiger partial charge in [0.05, 0.1) is 14.2 Å². The molecule has 0 N–H and O–H groups in total. The molecule has 0 aliphatic rings. The smallest absolute Gasteiger partial charge is 0.305 e. The Morgan fingerprint density at radius 2 is 1.79 bits per heavy atom. The van der Waals surface area contributed by atoms with Gasteiger partial charge in [0, 0.05) is 24.5 Å². The highest BCUT2D eigenvalue weighted by atomic mass is 19.1. The van der Waals surface area contributed by atoms with Gasteiger partial charge in [0.1, 0.15) is 11.6 Å². The van der Waals surface area contributed by atoms with E-state index in [1.165, 1.54) is 32.4 Å². The molecule has 0 saturated carbocycles. The van der Waals surface area contributed by atoms with Crippen molar-refractivity contribution in [2.75, 3.05) is 14.2 Å². The van der Waals surface area contributed by atoms with Gasteiger partial charge in [-0.1, -0.05) is 0 Å². The second-order valence-corrected chi connectivity index (χ2v) is 4.09. The molecular weight excluding hydrogens is 251 g/mol. The number of ether oxygens (including phenoxy) is 2. The number of unbranched alkanes of at least 4 members (excludes halogenated alkanes) is 1. The molecule has 0 heterocycles. The summed E-state index contributed by atoms with van der Waals surface area (Å²) in [4.78, 5) is 22.7. The second-order valence-electron chi connectivity index (χ2n) is 4.09. The molecule has 5 heteroatoms. The fourth-order valence-corrected chi connectivity index (χ4v) is 1.64. The Bertz CT molecular complexity index is 457. The van der Waals surface area contributed by atoms with Crippen molar-refractivity contribution < 1.29 is 23.5 Å². The third kappa shape index (κ3) is 5.07. The van der Waals surface area contributed by atoms with E-state index in [1.807, 2.05) is 0 Å². The van der Waals surface area contributed by atoms with Crippen LogP contribution in [0.2, 0.25) is 0 Å². The van der Waals surface area contributed by atoms with Gasteiger partial charge in [-0.05, 0) is 25.0 Å². The zero-order valence-electron chi connectivity index (χ0n) is 11.1. The number of esters is 1. The van der Waals surface area contributed by atoms with Gasteiger partial charge in [0.15, 0.2) is 5.78 Å². The van der Waals surface area contributed by atoms with Crippen molar-refractivity contribution in [3.05, 3.63) is 29.6 Å². The molecule has 0 amide bonds. The van der Waals surface area contributed by atoms with E-state index in [4.69, 9.17) is 4.74 Å². The lowest BCUT2D eigenvalue weighted by Crippen LogP contribution is -2.03. The molecule has 0 saturated heterocycles. The van der Waals surface area contributed by atoms with Crippen molar-refractivity contribution in [3.63, 3.8) is 0 Å². The van der Waals surface area contributed by atoms with E-state index < -0.39 is 5.82 Å². The van der Waals surface area contributed by atoms with Crippen molar-refractivity contribution in [1.29, 1.82) is 0 Å². The first-order valence-electron chi connectivity index (χ1n) is 6.01. The number of rotatable bonds is 7. The minimum Gasteiger partial charge on any atom is -0.497 e. The van der Waals surface area contributed by atoms with Gasteiger partial charge in [-0.2, -0.15) is 0 Å². The van der Waals surface area contributed by atoms with Crippen molar-refractivity contribution in [2.24, 2.45) is 0 Å². The minimum atomic E-state index is -0.503. The van der Waals surface area contributed by atoms with Gasteiger partial charge in [0.2, 0.25) is 0 Å². The Balaban J connectivity index is 2.49. The predicted octanol–water partition coefficient (Wildman–Crippen LogP) is 2.75. The quantitative estimate of drug-likeness (QED) is 0.433. The van der Waals surface area contributed by atoms with Crippen LogP contribution in [0.15, 0.2) is 18.2 Å². The van der Waals surface area contributed by atoms with Gasteiger partial charge in [-0.3, -0.25) is 9.59 Å². The number of carbonyl (C=O) groups is 2. The summed E-state index contributed by atoms with van der Waals surface area (Å²) in [5.74, 6) is -0.641. The Kier molecular flexibility index (Phi) is 5.99. The van der Waals surface area contributed by atoms with E-state index in [-0.39, 0.29) is 30.2 Å². The van der Waals surface area contributed by atoms with Gasteiger partial charge in [0.25, 0.3) is 0 Å². The number of halogens is 1. The Labute approximate surface area is 111 Å². The fraction of sp³-hybridized carbons (Fsp3) is 0.429. The topological polar surface area (TPSA) is 52.6 Å². The van der Waals surface area contributed by atoms with E-state index in [1.54, 1.807) is 0 Å². The van der Waals surface area contributed by atoms with Crippen molar-refractivity contribution in [3.8, 4) is 5.75 Å². The number of hydrogen-bond donors (Lipinski definition) is 0. The maximum atomic E-state index is 13.2. The molecule has 0 atom stereocenters. The number of methoxy groups -OCH3 is 2. The van der Waals surface area contributed by atoms with Crippen LogP contribution in [0, 0.1) is 5.82 Å². The third-order valence-electron chi connectivity index (χ3n) is 2.69. The number of benzene rings is 1. The number of carbonyl (C=O) groups excluding carboxylic acids is 2. The first-order valence-corrected chi connectivity index (χ1v) is 6.01. The summed E-state index contributed by atoms with van der Waals surface area (Å²) < 4.78 is 22.6. The van der Waals surface area contributed by atoms with Crippen LogP contribution in [-0.2, 0) is 9.53 Å². The molecule has 104 valence electrons. The normalized spacial score (nSPS) is 10.1. The average Bonchev–Trinajstić information content (AvgIpc) is 2.42. The Morgan fingerprint density at radius 1 is 1.11 bits per heavy atom. The summed E-state index contributed by atoms with van der Waals surface area (Å²) in [6.45, 7) is 0. The third-order valence-corrected chi connectivity index (χ3v) is 2.69. The average molecular weight is 268 g/mol. The standard InChI is InChI=1S/C14H17FO4/c1-18-12-8-10(7-11(15)9-12)13(16)5-3-4-6-14(17)19-2/h7-9H,3-6H2,1-2H3. The van der Waals surface area contributed by atoms with E-state index in [2.05, 4.69) is 4.74 Å². The molecule has 0 spiro atoms. The number of hydrogen-bond acceptors (Lipinski definition) is 4. The van der Waals surface area contributed by atoms with Crippen LogP contribution in [0.3, 0.4) is 0 Å². The number of Topliss-reactive ketones (excluding diaryl/α,β-unsaturated/α-hetero) is 1. The second kappa shape index (κ2) is 7.51. The molecule has 19 heavy (non-hydrogen) atoms. The van der Waals surface area contributed by atoms with Crippen molar-refractivity contribution in [1.82, 2.24) is 0 Å². The zero-order valence-corrected chi connectivity index (χ0v) is 11.1. The van der Waals surface area contributed by atoms with Crippen LogP contribution in [0.5, 0.6) is 5.75 Å². The highest BCUT2D eigenvalue weighted by Crippen LogP contribution is 2.18. The van der Waals surface area contributed by atoms with Crippen LogP contribution in [0.1, 0.15) is 36.0 Å². The lowest BCUT2D eigenvalue weighted by atomic mass is 10.0. The first kappa shape index (κ1) is 15.1. The Hall–Kier alpha value is -1.91. The van der Waals surface area contributed by atoms with E-state index in [9.17, 15) is 14.0 Å². The fourth-order valence-electron chi connectivity index (χ4n) is 1.64. The van der Waals surface area contributed by atoms with Crippen LogP contribution >= 0.6 is 0 Å². The van der Waals surface area contributed by atoms with Crippen LogP contribution in [-0.4, -0.2) is 26.0 Å². The van der Waals surface area contributed by atoms with E-state index >= 15 is 0 Å². The molecular formula is C14H17FO4. The molecule has 1 aromatic carbocycles. The molecule has 1 rings (SSSR count). The molecule has 1 aromatic rings. The largest absolute Gasteiger partial charge is 0.497 e. The summed E-state index contributed by atoms with van der Waals surface area (Å²) in [6.07, 6.45) is 1.69. The molecule has 4 nitrogen and oxygen atoms in total. The SMILES string of the molecule is COC(=O)CCCCC(=O)c1cc(F)cc(OC)c1. The predicted molar refractivity (Wildman–Crippen MR) is 67.8 cm³/mol. The van der Waals surface area contributed by atoms with E-state index in [0.29, 0.717) is 18.6 Å². The minimum absolute atomic E-state index is 0.164. The molecule has 0 bridgehead atoms.